The van der Waals surface area contributed by atoms with Gasteiger partial charge in [-0.2, -0.15) is 0 Å². The molecule has 1 aromatic carbocycles. The number of aryl methyl sites for hydroxylation is 2. The van der Waals surface area contributed by atoms with Crippen LogP contribution in [-0.4, -0.2) is 39.1 Å². The summed E-state index contributed by atoms with van der Waals surface area (Å²) in [4.78, 5) is 11.5. The predicted molar refractivity (Wildman–Crippen MR) is 80.9 cm³/mol. The lowest BCUT2D eigenvalue weighted by Gasteiger charge is -2.08. The lowest BCUT2D eigenvalue weighted by molar-refractivity contribution is 0.0698. The van der Waals surface area contributed by atoms with Crippen LogP contribution in [0.4, 0.5) is 0 Å². The Balaban J connectivity index is 2.79. The highest BCUT2D eigenvalue weighted by atomic mass is 16.4. The maximum Gasteiger partial charge on any atom is 0.337 e. The van der Waals surface area contributed by atoms with Crippen molar-refractivity contribution in [2.24, 2.45) is 0 Å². The van der Waals surface area contributed by atoms with E-state index in [0.29, 0.717) is 24.9 Å². The quantitative estimate of drug-likeness (QED) is 0.759. The van der Waals surface area contributed by atoms with Gasteiger partial charge in [-0.15, -0.1) is 0 Å². The normalized spacial score (nSPS) is 11.2. The van der Waals surface area contributed by atoms with Crippen molar-refractivity contribution in [2.45, 2.75) is 33.2 Å². The number of carboxylic acids is 1. The van der Waals surface area contributed by atoms with E-state index in [1.165, 1.54) is 0 Å². The molecule has 0 atom stereocenters. The van der Waals surface area contributed by atoms with E-state index in [9.17, 15) is 15.0 Å². The van der Waals surface area contributed by atoms with Crippen molar-refractivity contribution in [1.82, 2.24) is 4.57 Å². The number of hydrogen-bond acceptors (Lipinski definition) is 3. The Morgan fingerprint density at radius 3 is 2.48 bits per heavy atom. The fourth-order valence-corrected chi connectivity index (χ4v) is 2.94. The maximum absolute atomic E-state index is 11.5. The van der Waals surface area contributed by atoms with Gasteiger partial charge in [0.05, 0.1) is 17.7 Å². The minimum absolute atomic E-state index is 0.0446. The fourth-order valence-electron chi connectivity index (χ4n) is 2.94. The minimum Gasteiger partial charge on any atom is -0.478 e. The van der Waals surface area contributed by atoms with E-state index in [1.54, 1.807) is 6.07 Å². The Morgan fingerprint density at radius 1 is 1.19 bits per heavy atom. The third-order valence-electron chi connectivity index (χ3n) is 3.83. The first-order valence-electron chi connectivity index (χ1n) is 7.08. The second-order valence-corrected chi connectivity index (χ2v) is 5.28. The molecule has 0 radical (unpaired) electrons. The molecule has 0 aliphatic heterocycles. The Labute approximate surface area is 123 Å². The number of aromatic carboxylic acids is 1. The van der Waals surface area contributed by atoms with Crippen LogP contribution in [0.25, 0.3) is 10.9 Å². The monoisotopic (exact) mass is 291 g/mol. The van der Waals surface area contributed by atoms with E-state index < -0.39 is 5.97 Å². The molecule has 0 saturated heterocycles. The molecule has 2 rings (SSSR count). The minimum atomic E-state index is -0.964. The van der Waals surface area contributed by atoms with Crippen molar-refractivity contribution < 1.29 is 20.1 Å². The lowest BCUT2D eigenvalue weighted by atomic mass is 10.0. The van der Waals surface area contributed by atoms with Gasteiger partial charge in [0.1, 0.15) is 0 Å². The number of aliphatic hydroxyl groups excluding tert-OH is 2. The molecule has 3 N–H and O–H groups in total. The molecule has 0 aliphatic carbocycles. The molecule has 5 heteroatoms. The average Bonchev–Trinajstić information content (AvgIpc) is 2.69. The van der Waals surface area contributed by atoms with Crippen LogP contribution in [0.2, 0.25) is 0 Å². The first kappa shape index (κ1) is 15.5. The molecule has 0 amide bonds. The summed E-state index contributed by atoms with van der Waals surface area (Å²) in [6.45, 7) is 4.23. The van der Waals surface area contributed by atoms with E-state index in [0.717, 1.165) is 22.2 Å². The fraction of sp³-hybridized carbons (Fsp3) is 0.438. The van der Waals surface area contributed by atoms with Crippen LogP contribution in [-0.2, 0) is 13.0 Å². The van der Waals surface area contributed by atoms with Crippen molar-refractivity contribution >= 4 is 16.9 Å². The molecule has 1 heterocycles. The van der Waals surface area contributed by atoms with Gasteiger partial charge >= 0.3 is 5.97 Å². The number of benzene rings is 1. The molecule has 0 aliphatic rings. The lowest BCUT2D eigenvalue weighted by Crippen LogP contribution is -2.08. The van der Waals surface area contributed by atoms with Crippen molar-refractivity contribution in [3.05, 3.63) is 34.5 Å². The number of carbonyl (C=O) groups is 1. The summed E-state index contributed by atoms with van der Waals surface area (Å²) in [6, 6.07) is 3.64. The van der Waals surface area contributed by atoms with Gasteiger partial charge in [-0.05, 0) is 49.9 Å². The Kier molecular flexibility index (Phi) is 4.65. The van der Waals surface area contributed by atoms with Crippen LogP contribution < -0.4 is 0 Å². The summed E-state index contributed by atoms with van der Waals surface area (Å²) in [6.07, 6.45) is 1.33. The molecular formula is C16H21NO4. The van der Waals surface area contributed by atoms with Gasteiger partial charge in [-0.3, -0.25) is 0 Å². The first-order chi connectivity index (χ1) is 10.0. The zero-order valence-corrected chi connectivity index (χ0v) is 12.4. The van der Waals surface area contributed by atoms with Crippen LogP contribution in [0, 0.1) is 13.8 Å². The smallest absolute Gasteiger partial charge is 0.337 e. The molecule has 114 valence electrons. The molecule has 0 bridgehead atoms. The van der Waals surface area contributed by atoms with Crippen molar-refractivity contribution in [2.75, 3.05) is 13.2 Å². The Hall–Kier alpha value is -1.85. The average molecular weight is 291 g/mol. The molecule has 0 fully saturated rings. The number of fused-ring (bicyclic) bond motifs is 1. The number of aromatic nitrogens is 1. The third kappa shape index (κ3) is 2.80. The third-order valence-corrected chi connectivity index (χ3v) is 3.83. The van der Waals surface area contributed by atoms with Crippen LogP contribution in [0.5, 0.6) is 0 Å². The van der Waals surface area contributed by atoms with Gasteiger partial charge in [0, 0.05) is 24.2 Å². The molecule has 21 heavy (non-hydrogen) atoms. The number of nitrogens with zero attached hydrogens (tertiary/aromatic N) is 1. The van der Waals surface area contributed by atoms with Gasteiger partial charge in [0.25, 0.3) is 0 Å². The summed E-state index contributed by atoms with van der Waals surface area (Å²) in [5.74, 6) is -0.964. The van der Waals surface area contributed by atoms with E-state index in [-0.39, 0.29) is 18.8 Å². The molecule has 0 spiro atoms. The van der Waals surface area contributed by atoms with Gasteiger partial charge < -0.3 is 19.9 Å². The zero-order chi connectivity index (χ0) is 15.6. The van der Waals surface area contributed by atoms with Gasteiger partial charge in [-0.25, -0.2) is 4.79 Å². The van der Waals surface area contributed by atoms with Crippen LogP contribution >= 0.6 is 0 Å². The van der Waals surface area contributed by atoms with Gasteiger partial charge in [-0.1, -0.05) is 0 Å². The van der Waals surface area contributed by atoms with Crippen LogP contribution in [0.15, 0.2) is 12.1 Å². The maximum atomic E-state index is 11.5. The zero-order valence-electron chi connectivity index (χ0n) is 12.4. The second kappa shape index (κ2) is 6.28. The summed E-state index contributed by atoms with van der Waals surface area (Å²) in [5.41, 5.74) is 3.83. The standard InChI is InChI=1S/C16H21NO4/c1-10-8-13-12(4-3-6-18)11(2)17(5-7-19)15(13)14(9-10)16(20)21/h8-9,18-19H,3-7H2,1-2H3,(H,20,21). The van der Waals surface area contributed by atoms with Crippen LogP contribution in [0.3, 0.4) is 0 Å². The number of carboxylic acid groups (broad SMARTS) is 1. The summed E-state index contributed by atoms with van der Waals surface area (Å²) in [7, 11) is 0. The van der Waals surface area contributed by atoms with Gasteiger partial charge in [0.15, 0.2) is 0 Å². The molecule has 5 nitrogen and oxygen atoms in total. The Bertz CT molecular complexity index is 673. The summed E-state index contributed by atoms with van der Waals surface area (Å²) < 4.78 is 1.87. The van der Waals surface area contributed by atoms with Crippen molar-refractivity contribution in [1.29, 1.82) is 0 Å². The largest absolute Gasteiger partial charge is 0.478 e. The van der Waals surface area contributed by atoms with Crippen LogP contribution in [0.1, 0.15) is 33.6 Å². The molecular weight excluding hydrogens is 270 g/mol. The number of aliphatic hydroxyl groups is 2. The molecule has 0 unspecified atom stereocenters. The highest BCUT2D eigenvalue weighted by Gasteiger charge is 2.20. The highest BCUT2D eigenvalue weighted by Crippen LogP contribution is 2.31. The highest BCUT2D eigenvalue weighted by molar-refractivity contribution is 6.04. The SMILES string of the molecule is Cc1cc(C(=O)O)c2c(c1)c(CCCO)c(C)n2CCO. The first-order valence-corrected chi connectivity index (χ1v) is 7.08. The topological polar surface area (TPSA) is 82.7 Å². The van der Waals surface area contributed by atoms with E-state index >= 15 is 0 Å². The van der Waals surface area contributed by atoms with E-state index in [1.807, 2.05) is 24.5 Å². The van der Waals surface area contributed by atoms with Gasteiger partial charge in [0.2, 0.25) is 0 Å². The molecule has 2 aromatic rings. The molecule has 1 aromatic heterocycles. The summed E-state index contributed by atoms with van der Waals surface area (Å²) >= 11 is 0. The molecule has 0 saturated carbocycles. The van der Waals surface area contributed by atoms with Crippen molar-refractivity contribution in [3.8, 4) is 0 Å². The predicted octanol–water partition coefficient (Wildman–Crippen LogP) is 1.87. The van der Waals surface area contributed by atoms with Crippen molar-refractivity contribution in [3.63, 3.8) is 0 Å². The second-order valence-electron chi connectivity index (χ2n) is 5.28. The Morgan fingerprint density at radius 2 is 1.90 bits per heavy atom. The van der Waals surface area contributed by atoms with E-state index in [4.69, 9.17) is 5.11 Å². The summed E-state index contributed by atoms with van der Waals surface area (Å²) in [5, 5.41) is 28.7. The van der Waals surface area contributed by atoms with E-state index in [2.05, 4.69) is 0 Å². The number of hydrogen-bond donors (Lipinski definition) is 3. The number of rotatable bonds is 6.